The lowest BCUT2D eigenvalue weighted by Gasteiger charge is -2.14. The molecular weight excluding hydrogens is 373 g/mol. The van der Waals surface area contributed by atoms with Crippen LogP contribution in [-0.2, 0) is 11.3 Å². The van der Waals surface area contributed by atoms with Crippen LogP contribution in [0.15, 0.2) is 59.5 Å². The first kappa shape index (κ1) is 18.6. The summed E-state index contributed by atoms with van der Waals surface area (Å²) >= 11 is 1.56. The Labute approximate surface area is 167 Å². The summed E-state index contributed by atoms with van der Waals surface area (Å²) < 4.78 is 21.1. The van der Waals surface area contributed by atoms with Gasteiger partial charge in [-0.05, 0) is 48.6 Å². The summed E-state index contributed by atoms with van der Waals surface area (Å²) in [6.07, 6.45) is 1.98. The first-order valence-electron chi connectivity index (χ1n) is 9.01. The van der Waals surface area contributed by atoms with Crippen molar-refractivity contribution < 1.29 is 13.9 Å². The minimum Gasteiger partial charge on any atom is -0.425 e. The van der Waals surface area contributed by atoms with Crippen molar-refractivity contribution in [2.24, 2.45) is 0 Å². The van der Waals surface area contributed by atoms with Crippen LogP contribution in [0.1, 0.15) is 18.1 Å². The molecule has 0 spiro atoms. The lowest BCUT2D eigenvalue weighted by Crippen LogP contribution is -2.05. The molecule has 142 valence electrons. The first-order chi connectivity index (χ1) is 13.5. The van der Waals surface area contributed by atoms with Gasteiger partial charge in [0.25, 0.3) is 0 Å². The van der Waals surface area contributed by atoms with Crippen molar-refractivity contribution in [1.29, 1.82) is 0 Å². The van der Waals surface area contributed by atoms with Gasteiger partial charge >= 0.3 is 5.97 Å². The van der Waals surface area contributed by atoms with Crippen LogP contribution >= 0.6 is 11.8 Å². The second kappa shape index (κ2) is 7.32. The Hall–Kier alpha value is -2.79. The van der Waals surface area contributed by atoms with Crippen molar-refractivity contribution in [3.8, 4) is 5.75 Å². The number of ether oxygens (including phenoxy) is 1. The zero-order valence-electron chi connectivity index (χ0n) is 16.0. The number of aryl methyl sites for hydroxylation is 1. The Morgan fingerprint density at radius 2 is 1.86 bits per heavy atom. The molecule has 3 aromatic carbocycles. The van der Waals surface area contributed by atoms with Gasteiger partial charge in [0.05, 0.1) is 10.4 Å². The minimum atomic E-state index is -0.338. The highest BCUT2D eigenvalue weighted by atomic mass is 32.2. The second-order valence-electron chi connectivity index (χ2n) is 6.77. The van der Waals surface area contributed by atoms with Crippen LogP contribution in [0.5, 0.6) is 5.75 Å². The van der Waals surface area contributed by atoms with Gasteiger partial charge < -0.3 is 9.30 Å². The molecule has 0 fully saturated rings. The highest BCUT2D eigenvalue weighted by molar-refractivity contribution is 7.99. The smallest absolute Gasteiger partial charge is 0.308 e. The summed E-state index contributed by atoms with van der Waals surface area (Å²) in [6, 6.07) is 16.8. The van der Waals surface area contributed by atoms with Crippen LogP contribution in [-0.4, -0.2) is 16.8 Å². The van der Waals surface area contributed by atoms with Crippen molar-refractivity contribution in [3.63, 3.8) is 0 Å². The predicted octanol–water partition coefficient (Wildman–Crippen LogP) is 5.94. The topological polar surface area (TPSA) is 31.2 Å². The monoisotopic (exact) mass is 393 g/mol. The molecule has 0 radical (unpaired) electrons. The molecule has 4 rings (SSSR count). The Morgan fingerprint density at radius 3 is 2.54 bits per heavy atom. The van der Waals surface area contributed by atoms with E-state index in [0.29, 0.717) is 12.3 Å². The van der Waals surface area contributed by atoms with E-state index in [1.165, 1.54) is 19.1 Å². The maximum Gasteiger partial charge on any atom is 0.308 e. The number of benzene rings is 3. The molecule has 28 heavy (non-hydrogen) atoms. The molecule has 0 saturated carbocycles. The zero-order valence-corrected chi connectivity index (χ0v) is 16.8. The molecule has 0 atom stereocenters. The van der Waals surface area contributed by atoms with Crippen molar-refractivity contribution in [2.45, 2.75) is 25.3 Å². The number of rotatable bonds is 4. The number of fused-ring (bicyclic) bond motifs is 3. The van der Waals surface area contributed by atoms with E-state index in [9.17, 15) is 9.18 Å². The third-order valence-corrected chi connectivity index (χ3v) is 5.67. The molecule has 1 aromatic heterocycles. The largest absolute Gasteiger partial charge is 0.425 e. The Balaban J connectivity index is 2.06. The fraction of sp³-hybridized carbons (Fsp3) is 0.174. The standard InChI is InChI=1S/C23H20FNO2S/c1-14-12-20(27-15(2)26)23(28-3)22-21(14)18-6-4-5-7-19(18)25(22)13-16-8-10-17(24)11-9-16/h4-12H,13H2,1-3H3. The third-order valence-electron chi connectivity index (χ3n) is 4.86. The summed E-state index contributed by atoms with van der Waals surface area (Å²) in [5, 5.41) is 2.31. The predicted molar refractivity (Wildman–Crippen MR) is 113 cm³/mol. The van der Waals surface area contributed by atoms with Gasteiger partial charge in [-0.3, -0.25) is 4.79 Å². The number of hydrogen-bond donors (Lipinski definition) is 0. The van der Waals surface area contributed by atoms with Gasteiger partial charge in [-0.15, -0.1) is 11.8 Å². The van der Waals surface area contributed by atoms with Crippen LogP contribution in [0.2, 0.25) is 0 Å². The molecule has 0 saturated heterocycles. The molecule has 5 heteroatoms. The number of halogens is 1. The first-order valence-corrected chi connectivity index (χ1v) is 10.2. The Morgan fingerprint density at radius 1 is 1.14 bits per heavy atom. The normalized spacial score (nSPS) is 11.3. The van der Waals surface area contributed by atoms with Crippen molar-refractivity contribution in [3.05, 3.63) is 71.5 Å². The van der Waals surface area contributed by atoms with Crippen LogP contribution < -0.4 is 4.74 Å². The van der Waals surface area contributed by atoms with Gasteiger partial charge in [0.1, 0.15) is 11.6 Å². The maximum atomic E-state index is 13.4. The molecule has 0 amide bonds. The molecule has 0 N–H and O–H groups in total. The molecule has 0 aliphatic carbocycles. The number of nitrogens with zero attached hydrogens (tertiary/aromatic N) is 1. The molecule has 3 nitrogen and oxygen atoms in total. The second-order valence-corrected chi connectivity index (χ2v) is 7.59. The highest BCUT2D eigenvalue weighted by Crippen LogP contribution is 2.42. The van der Waals surface area contributed by atoms with E-state index < -0.39 is 0 Å². The van der Waals surface area contributed by atoms with E-state index in [0.717, 1.165) is 37.8 Å². The van der Waals surface area contributed by atoms with Gasteiger partial charge in [-0.2, -0.15) is 0 Å². The number of aromatic nitrogens is 1. The Kier molecular flexibility index (Phi) is 4.85. The molecule has 0 aliphatic heterocycles. The van der Waals surface area contributed by atoms with E-state index in [2.05, 4.69) is 16.7 Å². The van der Waals surface area contributed by atoms with E-state index >= 15 is 0 Å². The van der Waals surface area contributed by atoms with Crippen LogP contribution in [0, 0.1) is 12.7 Å². The minimum absolute atomic E-state index is 0.247. The van der Waals surface area contributed by atoms with Gasteiger partial charge in [0, 0.05) is 29.8 Å². The fourth-order valence-electron chi connectivity index (χ4n) is 3.75. The quantitative estimate of drug-likeness (QED) is 0.244. The summed E-state index contributed by atoms with van der Waals surface area (Å²) in [4.78, 5) is 12.6. The summed E-state index contributed by atoms with van der Waals surface area (Å²) in [6.45, 7) is 4.05. The van der Waals surface area contributed by atoms with Gasteiger partial charge in [0.2, 0.25) is 0 Å². The van der Waals surface area contributed by atoms with Crippen LogP contribution in [0.25, 0.3) is 21.8 Å². The number of carbonyl (C=O) groups is 1. The fourth-order valence-corrected chi connectivity index (χ4v) is 4.46. The maximum absolute atomic E-state index is 13.4. The number of esters is 1. The number of thioether (sulfide) groups is 1. The number of hydrogen-bond acceptors (Lipinski definition) is 3. The zero-order chi connectivity index (χ0) is 19.8. The van der Waals surface area contributed by atoms with E-state index in [1.54, 1.807) is 23.9 Å². The van der Waals surface area contributed by atoms with Crippen molar-refractivity contribution in [2.75, 3.05) is 6.26 Å². The Bertz CT molecular complexity index is 1200. The van der Waals surface area contributed by atoms with E-state index in [1.807, 2.05) is 31.4 Å². The summed E-state index contributed by atoms with van der Waals surface area (Å²) in [5.41, 5.74) is 4.19. The van der Waals surface area contributed by atoms with Gasteiger partial charge in [0.15, 0.2) is 0 Å². The number of para-hydroxylation sites is 1. The molecule has 0 unspecified atom stereocenters. The highest BCUT2D eigenvalue weighted by Gasteiger charge is 2.20. The van der Waals surface area contributed by atoms with Crippen molar-refractivity contribution >= 4 is 39.5 Å². The van der Waals surface area contributed by atoms with Crippen LogP contribution in [0.3, 0.4) is 0 Å². The molecule has 4 aromatic rings. The average molecular weight is 393 g/mol. The summed E-state index contributed by atoms with van der Waals surface area (Å²) in [5.74, 6) is -0.00725. The molecular formula is C23H20FNO2S. The molecule has 0 aliphatic rings. The SMILES string of the molecule is CSc1c(OC(C)=O)cc(C)c2c3ccccc3n(Cc3ccc(F)cc3)c12. The van der Waals surface area contributed by atoms with E-state index in [4.69, 9.17) is 4.74 Å². The lowest BCUT2D eigenvalue weighted by atomic mass is 10.1. The third kappa shape index (κ3) is 3.16. The molecule has 1 heterocycles. The van der Waals surface area contributed by atoms with Gasteiger partial charge in [-0.25, -0.2) is 4.39 Å². The van der Waals surface area contributed by atoms with E-state index in [-0.39, 0.29) is 11.8 Å². The van der Waals surface area contributed by atoms with Crippen molar-refractivity contribution in [1.82, 2.24) is 4.57 Å². The number of carbonyl (C=O) groups excluding carboxylic acids is 1. The van der Waals surface area contributed by atoms with Crippen LogP contribution in [0.4, 0.5) is 4.39 Å². The lowest BCUT2D eigenvalue weighted by molar-refractivity contribution is -0.132. The van der Waals surface area contributed by atoms with Gasteiger partial charge in [-0.1, -0.05) is 30.3 Å². The average Bonchev–Trinajstić information content (AvgIpc) is 2.98. The summed E-state index contributed by atoms with van der Waals surface area (Å²) in [7, 11) is 0. The molecule has 0 bridgehead atoms.